The van der Waals surface area contributed by atoms with Crippen molar-refractivity contribution >= 4 is 38.5 Å². The summed E-state index contributed by atoms with van der Waals surface area (Å²) in [6, 6.07) is 6.53. The van der Waals surface area contributed by atoms with Gasteiger partial charge in [0.05, 0.1) is 0 Å². The lowest BCUT2D eigenvalue weighted by Crippen LogP contribution is -2.32. The molecule has 0 spiro atoms. The molecule has 0 aliphatic heterocycles. The number of hydrogen-bond donors (Lipinski definition) is 2. The summed E-state index contributed by atoms with van der Waals surface area (Å²) >= 11 is 5.89. The van der Waals surface area contributed by atoms with Crippen molar-refractivity contribution in [3.63, 3.8) is 0 Å². The molecule has 1 aromatic rings. The maximum absolute atomic E-state index is 5.63. The molecule has 2 unspecified atom stereocenters. The molecule has 0 amide bonds. The van der Waals surface area contributed by atoms with Gasteiger partial charge in [-0.05, 0) is 52.3 Å². The van der Waals surface area contributed by atoms with Crippen LogP contribution in [-0.4, -0.2) is 0 Å². The molecule has 2 atom stereocenters. The van der Waals surface area contributed by atoms with Crippen molar-refractivity contribution in [1.82, 2.24) is 5.43 Å². The minimum absolute atomic E-state index is 0.207. The van der Waals surface area contributed by atoms with Crippen LogP contribution in [0.3, 0.4) is 0 Å². The Hall–Kier alpha value is 0.350. The quantitative estimate of drug-likeness (QED) is 0.474. The van der Waals surface area contributed by atoms with Gasteiger partial charge >= 0.3 is 0 Å². The Morgan fingerprint density at radius 3 is 2.73 bits per heavy atom. The fourth-order valence-electron chi connectivity index (χ4n) is 1.55. The van der Waals surface area contributed by atoms with E-state index in [0.717, 1.165) is 10.9 Å². The second-order valence-corrected chi connectivity index (χ2v) is 5.80. The fraction of sp³-hybridized carbons (Fsp3) is 0.455. The average molecular weight is 383 g/mol. The lowest BCUT2D eigenvalue weighted by Gasteiger charge is -2.23. The summed E-state index contributed by atoms with van der Waals surface area (Å²) in [5.41, 5.74) is 4.14. The van der Waals surface area contributed by atoms with E-state index in [9.17, 15) is 0 Å². The molecule has 0 saturated carbocycles. The first kappa shape index (κ1) is 13.4. The molecule has 0 fully saturated rings. The van der Waals surface area contributed by atoms with E-state index < -0.39 is 0 Å². The van der Waals surface area contributed by atoms with Crippen molar-refractivity contribution in [2.75, 3.05) is 0 Å². The van der Waals surface area contributed by atoms with Gasteiger partial charge in [-0.15, -0.1) is 0 Å². The third-order valence-corrected chi connectivity index (χ3v) is 4.08. The summed E-state index contributed by atoms with van der Waals surface area (Å²) in [5, 5.41) is 0. The molecule has 0 saturated heterocycles. The normalized spacial score (nSPS) is 15.0. The Labute approximate surface area is 113 Å². The van der Waals surface area contributed by atoms with Crippen LogP contribution in [0.5, 0.6) is 0 Å². The Balaban J connectivity index is 3.05. The highest BCUT2D eigenvalue weighted by Gasteiger charge is 2.18. The van der Waals surface area contributed by atoms with Crippen LogP contribution in [0.25, 0.3) is 0 Å². The topological polar surface area (TPSA) is 38.0 Å². The molecule has 1 rings (SSSR count). The van der Waals surface area contributed by atoms with Crippen LogP contribution >= 0.6 is 38.5 Å². The molecule has 84 valence electrons. The Morgan fingerprint density at radius 2 is 2.20 bits per heavy atom. The molecule has 2 nitrogen and oxygen atoms in total. The van der Waals surface area contributed by atoms with Crippen LogP contribution in [0.4, 0.5) is 0 Å². The van der Waals surface area contributed by atoms with Gasteiger partial charge in [0.15, 0.2) is 0 Å². The van der Waals surface area contributed by atoms with Gasteiger partial charge in [-0.2, -0.15) is 0 Å². The highest BCUT2D eigenvalue weighted by atomic mass is 127. The lowest BCUT2D eigenvalue weighted by atomic mass is 9.93. The highest BCUT2D eigenvalue weighted by Crippen LogP contribution is 2.30. The zero-order valence-corrected chi connectivity index (χ0v) is 12.7. The molecule has 3 N–H and O–H groups in total. The number of rotatable bonds is 4. The van der Waals surface area contributed by atoms with Gasteiger partial charge in [0.25, 0.3) is 0 Å². The van der Waals surface area contributed by atoms with Crippen LogP contribution in [-0.2, 0) is 0 Å². The number of hydrazine groups is 1. The maximum atomic E-state index is 5.63. The molecule has 4 heteroatoms. The first-order valence-corrected chi connectivity index (χ1v) is 6.88. The zero-order chi connectivity index (χ0) is 11.4. The summed E-state index contributed by atoms with van der Waals surface area (Å²) < 4.78 is 2.35. The van der Waals surface area contributed by atoms with E-state index in [2.05, 4.69) is 76.0 Å². The first-order valence-electron chi connectivity index (χ1n) is 5.01. The summed E-state index contributed by atoms with van der Waals surface area (Å²) in [4.78, 5) is 0. The van der Waals surface area contributed by atoms with Crippen molar-refractivity contribution in [2.24, 2.45) is 11.8 Å². The van der Waals surface area contributed by atoms with E-state index in [1.807, 2.05) is 0 Å². The van der Waals surface area contributed by atoms with E-state index in [0.29, 0.717) is 5.92 Å². The van der Waals surface area contributed by atoms with Gasteiger partial charge in [0.2, 0.25) is 0 Å². The zero-order valence-electron chi connectivity index (χ0n) is 8.93. The van der Waals surface area contributed by atoms with Crippen molar-refractivity contribution in [3.05, 3.63) is 31.8 Å². The summed E-state index contributed by atoms with van der Waals surface area (Å²) in [5.74, 6) is 6.15. The van der Waals surface area contributed by atoms with E-state index in [4.69, 9.17) is 5.84 Å². The molecule has 0 aromatic heterocycles. The lowest BCUT2D eigenvalue weighted by molar-refractivity contribution is 0.381. The van der Waals surface area contributed by atoms with Crippen LogP contribution in [0, 0.1) is 9.49 Å². The highest BCUT2D eigenvalue weighted by molar-refractivity contribution is 14.1. The Morgan fingerprint density at radius 1 is 1.53 bits per heavy atom. The number of nitrogens with one attached hydrogen (secondary N) is 1. The van der Waals surface area contributed by atoms with E-state index in [1.54, 1.807) is 0 Å². The molecule has 1 aromatic carbocycles. The Bertz CT molecular complexity index is 330. The molecule has 0 radical (unpaired) electrons. The van der Waals surface area contributed by atoms with Gasteiger partial charge in [-0.3, -0.25) is 11.3 Å². The molecule has 15 heavy (non-hydrogen) atoms. The monoisotopic (exact) mass is 382 g/mol. The van der Waals surface area contributed by atoms with Gasteiger partial charge in [0, 0.05) is 14.1 Å². The summed E-state index contributed by atoms with van der Waals surface area (Å²) in [6.45, 7) is 4.38. The largest absolute Gasteiger partial charge is 0.271 e. The third-order valence-electron chi connectivity index (χ3n) is 2.69. The number of nitrogens with two attached hydrogens (primary N) is 1. The van der Waals surface area contributed by atoms with Gasteiger partial charge in [0.1, 0.15) is 0 Å². The minimum Gasteiger partial charge on any atom is -0.271 e. The predicted octanol–water partition coefficient (Wildman–Crippen LogP) is 3.60. The van der Waals surface area contributed by atoms with E-state index in [1.165, 1.54) is 9.13 Å². The molecular formula is C11H16BrIN2. The molecule has 0 bridgehead atoms. The number of hydrogen-bond acceptors (Lipinski definition) is 2. The summed E-state index contributed by atoms with van der Waals surface area (Å²) in [7, 11) is 0. The van der Waals surface area contributed by atoms with Gasteiger partial charge in [-0.1, -0.05) is 36.2 Å². The maximum Gasteiger partial charge on any atom is 0.0496 e. The number of benzene rings is 1. The first-order chi connectivity index (χ1) is 7.10. The fourth-order valence-corrected chi connectivity index (χ4v) is 2.56. The van der Waals surface area contributed by atoms with Crippen molar-refractivity contribution in [3.8, 4) is 0 Å². The van der Waals surface area contributed by atoms with Crippen LogP contribution in [0.1, 0.15) is 31.9 Å². The molecule has 0 aliphatic carbocycles. The smallest absolute Gasteiger partial charge is 0.0496 e. The van der Waals surface area contributed by atoms with Crippen molar-refractivity contribution < 1.29 is 0 Å². The van der Waals surface area contributed by atoms with Crippen molar-refractivity contribution in [2.45, 2.75) is 26.3 Å². The van der Waals surface area contributed by atoms with Gasteiger partial charge in [-0.25, -0.2) is 0 Å². The van der Waals surface area contributed by atoms with E-state index >= 15 is 0 Å². The average Bonchev–Trinajstić information content (AvgIpc) is 2.23. The predicted molar refractivity (Wildman–Crippen MR) is 76.4 cm³/mol. The third kappa shape index (κ3) is 3.41. The van der Waals surface area contributed by atoms with Crippen LogP contribution in [0.15, 0.2) is 22.7 Å². The molecule has 0 aliphatic rings. The second kappa shape index (κ2) is 6.18. The minimum atomic E-state index is 0.207. The second-order valence-electron chi connectivity index (χ2n) is 3.70. The number of halogens is 2. The van der Waals surface area contributed by atoms with Crippen LogP contribution in [0.2, 0.25) is 0 Å². The standard InChI is InChI=1S/C11H16BrIN2/c1-3-7(2)11(15-14)9-6-8(13)4-5-10(9)12/h4-7,11,15H,3,14H2,1-2H3. The van der Waals surface area contributed by atoms with Gasteiger partial charge < -0.3 is 0 Å². The molecular weight excluding hydrogens is 367 g/mol. The SMILES string of the molecule is CCC(C)C(NN)c1cc(I)ccc1Br. The van der Waals surface area contributed by atoms with E-state index in [-0.39, 0.29) is 6.04 Å². The Kier molecular flexibility index (Phi) is 5.52. The van der Waals surface area contributed by atoms with Crippen molar-refractivity contribution in [1.29, 1.82) is 0 Å². The molecule has 0 heterocycles. The summed E-state index contributed by atoms with van der Waals surface area (Å²) in [6.07, 6.45) is 1.10. The van der Waals surface area contributed by atoms with Crippen LogP contribution < -0.4 is 11.3 Å².